The van der Waals surface area contributed by atoms with Gasteiger partial charge in [-0.3, -0.25) is 14.9 Å². The lowest BCUT2D eigenvalue weighted by Gasteiger charge is -2.25. The normalized spacial score (nSPS) is 16.1. The van der Waals surface area contributed by atoms with E-state index in [-0.39, 0.29) is 5.69 Å². The number of piperidine rings is 1. The van der Waals surface area contributed by atoms with Crippen LogP contribution in [-0.4, -0.2) is 28.8 Å². The van der Waals surface area contributed by atoms with E-state index in [9.17, 15) is 19.3 Å². The van der Waals surface area contributed by atoms with Crippen LogP contribution in [0.2, 0.25) is 0 Å². The molecule has 6 heteroatoms. The van der Waals surface area contributed by atoms with Gasteiger partial charge < -0.3 is 4.90 Å². The van der Waals surface area contributed by atoms with Gasteiger partial charge >= 0.3 is 0 Å². The summed E-state index contributed by atoms with van der Waals surface area (Å²) >= 11 is 0. The third kappa shape index (κ3) is 3.40. The molecule has 0 radical (unpaired) electrons. The largest absolute Gasteiger partial charge is 0.337 e. The number of rotatable bonds is 3. The molecule has 0 aromatic heterocycles. The van der Waals surface area contributed by atoms with Crippen molar-refractivity contribution in [1.82, 2.24) is 4.90 Å². The fourth-order valence-corrected chi connectivity index (χ4v) is 2.15. The number of nitrogens with zero attached hydrogens (tertiary/aromatic N) is 2. The molecule has 5 nitrogen and oxygen atoms in total. The second kappa shape index (κ2) is 6.27. The van der Waals surface area contributed by atoms with E-state index in [0.29, 0.717) is 18.7 Å². The van der Waals surface area contributed by atoms with Crippen molar-refractivity contribution in [3.05, 3.63) is 45.8 Å². The second-order valence-electron chi connectivity index (χ2n) is 4.69. The van der Waals surface area contributed by atoms with Gasteiger partial charge in [0.1, 0.15) is 0 Å². The zero-order valence-corrected chi connectivity index (χ0v) is 10.9. The Morgan fingerprint density at radius 1 is 1.20 bits per heavy atom. The van der Waals surface area contributed by atoms with E-state index in [1.54, 1.807) is 0 Å². The van der Waals surface area contributed by atoms with Crippen molar-refractivity contribution in [1.29, 1.82) is 0 Å². The summed E-state index contributed by atoms with van der Waals surface area (Å²) in [4.78, 5) is 23.3. The second-order valence-corrected chi connectivity index (χ2v) is 4.69. The number of hydrogen-bond donors (Lipinski definition) is 0. The van der Waals surface area contributed by atoms with Crippen molar-refractivity contribution in [2.24, 2.45) is 0 Å². The van der Waals surface area contributed by atoms with Gasteiger partial charge in [-0.25, -0.2) is 4.39 Å². The maximum Gasteiger partial charge on any atom is 0.282 e. The Hall–Kier alpha value is -2.24. The summed E-state index contributed by atoms with van der Waals surface area (Å²) in [5, 5.41) is 10.5. The molecule has 1 saturated heterocycles. The Morgan fingerprint density at radius 3 is 2.35 bits per heavy atom. The number of halogens is 1. The third-order valence-corrected chi connectivity index (χ3v) is 3.24. The van der Waals surface area contributed by atoms with Gasteiger partial charge in [0.05, 0.1) is 4.92 Å². The third-order valence-electron chi connectivity index (χ3n) is 3.24. The Balaban J connectivity index is 2.08. The monoisotopic (exact) mass is 278 g/mol. The number of nitro groups is 1. The Bertz CT molecular complexity index is 534. The molecule has 0 atom stereocenters. The number of carbonyl (C=O) groups excluding carboxylic acids is 1. The van der Waals surface area contributed by atoms with Crippen molar-refractivity contribution in [2.45, 2.75) is 19.3 Å². The molecule has 1 amide bonds. The number of nitro benzene ring substituents is 1. The lowest BCUT2D eigenvalue weighted by Crippen LogP contribution is -2.35. The Morgan fingerprint density at radius 2 is 1.80 bits per heavy atom. The number of hydrogen-bond acceptors (Lipinski definition) is 3. The molecule has 106 valence electrons. The summed E-state index contributed by atoms with van der Waals surface area (Å²) < 4.78 is 13.9. The molecule has 1 aromatic rings. The van der Waals surface area contributed by atoms with E-state index in [4.69, 9.17) is 0 Å². The Kier molecular flexibility index (Phi) is 4.45. The number of carbonyl (C=O) groups is 1. The van der Waals surface area contributed by atoms with Gasteiger partial charge in [-0.15, -0.1) is 0 Å². The van der Waals surface area contributed by atoms with Crippen molar-refractivity contribution in [3.8, 4) is 0 Å². The van der Waals surface area contributed by atoms with Crippen LogP contribution in [0.4, 0.5) is 10.1 Å². The highest BCUT2D eigenvalue weighted by Crippen LogP contribution is 2.17. The highest BCUT2D eigenvalue weighted by molar-refractivity contribution is 5.95. The van der Waals surface area contributed by atoms with E-state index in [0.717, 1.165) is 25.3 Å². The SMILES string of the molecule is O=C(/C(F)=C\c1ccc([N+](=O)[O-])cc1)N1CCCCC1. The molecule has 1 aliphatic rings. The van der Waals surface area contributed by atoms with E-state index in [2.05, 4.69) is 0 Å². The molecule has 1 heterocycles. The van der Waals surface area contributed by atoms with Gasteiger partial charge in [-0.2, -0.15) is 0 Å². The fraction of sp³-hybridized carbons (Fsp3) is 0.357. The predicted octanol–water partition coefficient (Wildman–Crippen LogP) is 2.92. The van der Waals surface area contributed by atoms with Gasteiger partial charge in [-0.05, 0) is 43.0 Å². The van der Waals surface area contributed by atoms with Crippen LogP contribution in [0.25, 0.3) is 6.08 Å². The van der Waals surface area contributed by atoms with E-state index >= 15 is 0 Å². The van der Waals surface area contributed by atoms with Crippen LogP contribution in [0.3, 0.4) is 0 Å². The van der Waals surface area contributed by atoms with E-state index < -0.39 is 16.7 Å². The first-order valence-electron chi connectivity index (χ1n) is 6.49. The van der Waals surface area contributed by atoms with Crippen molar-refractivity contribution < 1.29 is 14.1 Å². The zero-order valence-electron chi connectivity index (χ0n) is 10.9. The summed E-state index contributed by atoms with van der Waals surface area (Å²) in [6, 6.07) is 5.40. The molecule has 2 rings (SSSR count). The molecular formula is C14H15FN2O3. The van der Waals surface area contributed by atoms with Crippen LogP contribution in [0.15, 0.2) is 30.1 Å². The fourth-order valence-electron chi connectivity index (χ4n) is 2.15. The summed E-state index contributed by atoms with van der Waals surface area (Å²) in [7, 11) is 0. The minimum atomic E-state index is -0.833. The molecule has 0 saturated carbocycles. The smallest absolute Gasteiger partial charge is 0.282 e. The van der Waals surface area contributed by atoms with Gasteiger partial charge in [0, 0.05) is 25.2 Å². The van der Waals surface area contributed by atoms with E-state index in [1.165, 1.54) is 29.2 Å². The molecule has 20 heavy (non-hydrogen) atoms. The average Bonchev–Trinajstić information content (AvgIpc) is 2.48. The highest BCUT2D eigenvalue weighted by atomic mass is 19.1. The predicted molar refractivity (Wildman–Crippen MR) is 72.6 cm³/mol. The molecule has 0 spiro atoms. The summed E-state index contributed by atoms with van der Waals surface area (Å²) in [6.45, 7) is 1.17. The lowest BCUT2D eigenvalue weighted by molar-refractivity contribution is -0.384. The molecule has 1 aromatic carbocycles. The first kappa shape index (κ1) is 14.2. The molecule has 1 aliphatic heterocycles. The minimum Gasteiger partial charge on any atom is -0.337 e. The first-order valence-corrected chi connectivity index (χ1v) is 6.49. The van der Waals surface area contributed by atoms with Crippen molar-refractivity contribution in [3.63, 3.8) is 0 Å². The average molecular weight is 278 g/mol. The molecular weight excluding hydrogens is 263 g/mol. The lowest BCUT2D eigenvalue weighted by atomic mass is 10.1. The highest BCUT2D eigenvalue weighted by Gasteiger charge is 2.20. The molecule has 0 N–H and O–H groups in total. The summed E-state index contributed by atoms with van der Waals surface area (Å²) in [5.41, 5.74) is 0.364. The van der Waals surface area contributed by atoms with Gasteiger partial charge in [0.2, 0.25) is 0 Å². The molecule has 0 aliphatic carbocycles. The van der Waals surface area contributed by atoms with Gasteiger partial charge in [-0.1, -0.05) is 0 Å². The van der Waals surface area contributed by atoms with Crippen molar-refractivity contribution in [2.75, 3.05) is 13.1 Å². The van der Waals surface area contributed by atoms with Crippen molar-refractivity contribution >= 4 is 17.7 Å². The van der Waals surface area contributed by atoms with Crippen LogP contribution in [0.1, 0.15) is 24.8 Å². The number of likely N-dealkylation sites (tertiary alicyclic amines) is 1. The molecule has 0 bridgehead atoms. The topological polar surface area (TPSA) is 63.4 Å². The number of amides is 1. The van der Waals surface area contributed by atoms with Crippen LogP contribution in [0, 0.1) is 10.1 Å². The quantitative estimate of drug-likeness (QED) is 0.485. The van der Waals surface area contributed by atoms with E-state index in [1.807, 2.05) is 0 Å². The standard InChI is InChI=1S/C14H15FN2O3/c15-13(14(18)16-8-2-1-3-9-16)10-11-4-6-12(7-5-11)17(19)20/h4-7,10H,1-3,8-9H2/b13-10+. The Labute approximate surface area is 115 Å². The van der Waals surface area contributed by atoms with Crippen LogP contribution >= 0.6 is 0 Å². The minimum absolute atomic E-state index is 0.0649. The van der Waals surface area contributed by atoms with Gasteiger partial charge in [0.25, 0.3) is 11.6 Å². The molecule has 0 unspecified atom stereocenters. The van der Waals surface area contributed by atoms with Crippen LogP contribution < -0.4 is 0 Å². The number of benzene rings is 1. The summed E-state index contributed by atoms with van der Waals surface area (Å²) in [5.74, 6) is -1.44. The zero-order chi connectivity index (χ0) is 14.5. The van der Waals surface area contributed by atoms with Crippen LogP contribution in [-0.2, 0) is 4.79 Å². The molecule has 1 fully saturated rings. The number of non-ortho nitro benzene ring substituents is 1. The maximum atomic E-state index is 13.9. The summed E-state index contributed by atoms with van der Waals surface area (Å²) in [6.07, 6.45) is 3.98. The van der Waals surface area contributed by atoms with Crippen LogP contribution in [0.5, 0.6) is 0 Å². The van der Waals surface area contributed by atoms with Gasteiger partial charge in [0.15, 0.2) is 5.83 Å². The maximum absolute atomic E-state index is 13.9. The first-order chi connectivity index (χ1) is 9.58.